The number of hydrogen-bond donors (Lipinski definition) is 0. The first-order chi connectivity index (χ1) is 9.79. The van der Waals surface area contributed by atoms with Crippen molar-refractivity contribution in [3.63, 3.8) is 0 Å². The van der Waals surface area contributed by atoms with Gasteiger partial charge in [-0.2, -0.15) is 0 Å². The minimum atomic E-state index is -0.283. The van der Waals surface area contributed by atoms with Crippen molar-refractivity contribution in [2.75, 3.05) is 6.61 Å². The lowest BCUT2D eigenvalue weighted by Gasteiger charge is -2.02. The van der Waals surface area contributed by atoms with Gasteiger partial charge in [0.1, 0.15) is 0 Å². The molecule has 0 N–H and O–H groups in total. The van der Waals surface area contributed by atoms with E-state index in [1.165, 1.54) is 0 Å². The lowest BCUT2D eigenvalue weighted by molar-refractivity contribution is 0.0505. The van der Waals surface area contributed by atoms with Gasteiger partial charge in [-0.05, 0) is 42.8 Å². The highest BCUT2D eigenvalue weighted by Gasteiger charge is 2.05. The molecule has 0 heterocycles. The van der Waals surface area contributed by atoms with E-state index in [2.05, 4.69) is 11.8 Å². The first-order valence-corrected chi connectivity index (χ1v) is 6.64. The van der Waals surface area contributed by atoms with Crippen molar-refractivity contribution in [2.24, 2.45) is 0 Å². The lowest BCUT2D eigenvalue weighted by atomic mass is 10.1. The maximum atomic E-state index is 11.6. The third kappa shape index (κ3) is 4.00. The number of hydrogen-bond acceptors (Lipinski definition) is 2. The fraction of sp³-hybridized carbons (Fsp3) is 0.167. The van der Waals surface area contributed by atoms with Gasteiger partial charge in [0.25, 0.3) is 0 Å². The average Bonchev–Trinajstić information content (AvgIpc) is 2.52. The minimum absolute atomic E-state index is 0.283. The molecular formula is C18H16O2. The highest BCUT2D eigenvalue weighted by atomic mass is 16.5. The Bertz CT molecular complexity index is 616. The van der Waals surface area contributed by atoms with Crippen LogP contribution in [0.1, 0.15) is 34.8 Å². The molecule has 0 aromatic heterocycles. The Labute approximate surface area is 119 Å². The summed E-state index contributed by atoms with van der Waals surface area (Å²) in [4.78, 5) is 11.6. The summed E-state index contributed by atoms with van der Waals surface area (Å²) in [6.07, 6.45) is 0.826. The van der Waals surface area contributed by atoms with Crippen LogP contribution in [-0.4, -0.2) is 12.6 Å². The number of esters is 1. The fourth-order valence-electron chi connectivity index (χ4n) is 1.63. The molecule has 2 nitrogen and oxygen atoms in total. The van der Waals surface area contributed by atoms with E-state index >= 15 is 0 Å². The Morgan fingerprint density at radius 3 is 2.15 bits per heavy atom. The molecule has 0 amide bonds. The fourth-order valence-corrected chi connectivity index (χ4v) is 1.63. The van der Waals surface area contributed by atoms with Crippen molar-refractivity contribution < 1.29 is 9.53 Å². The highest BCUT2D eigenvalue weighted by Crippen LogP contribution is 2.06. The maximum absolute atomic E-state index is 11.6. The molecule has 0 spiro atoms. The van der Waals surface area contributed by atoms with Crippen molar-refractivity contribution in [1.29, 1.82) is 0 Å². The van der Waals surface area contributed by atoms with Crippen LogP contribution >= 0.6 is 0 Å². The summed E-state index contributed by atoms with van der Waals surface area (Å²) in [5.41, 5.74) is 2.41. The Morgan fingerprint density at radius 2 is 1.55 bits per heavy atom. The molecule has 20 heavy (non-hydrogen) atoms. The Morgan fingerprint density at radius 1 is 0.950 bits per heavy atom. The van der Waals surface area contributed by atoms with Crippen LogP contribution in [-0.2, 0) is 4.74 Å². The summed E-state index contributed by atoms with van der Waals surface area (Å²) in [5, 5.41) is 0. The summed E-state index contributed by atoms with van der Waals surface area (Å²) in [5.74, 6) is 5.86. The van der Waals surface area contributed by atoms with Gasteiger partial charge in [0, 0.05) is 11.1 Å². The van der Waals surface area contributed by atoms with Gasteiger partial charge in [0.15, 0.2) is 0 Å². The van der Waals surface area contributed by atoms with Gasteiger partial charge >= 0.3 is 5.97 Å². The van der Waals surface area contributed by atoms with E-state index in [-0.39, 0.29) is 5.97 Å². The predicted molar refractivity (Wildman–Crippen MR) is 79.4 cm³/mol. The van der Waals surface area contributed by atoms with E-state index in [0.29, 0.717) is 12.2 Å². The summed E-state index contributed by atoms with van der Waals surface area (Å²) >= 11 is 0. The van der Waals surface area contributed by atoms with Gasteiger partial charge in [0.05, 0.1) is 12.2 Å². The van der Waals surface area contributed by atoms with E-state index in [1.807, 2.05) is 49.4 Å². The van der Waals surface area contributed by atoms with Gasteiger partial charge in [-0.1, -0.05) is 37.0 Å². The lowest BCUT2D eigenvalue weighted by Crippen LogP contribution is -2.05. The number of carbonyl (C=O) groups is 1. The summed E-state index contributed by atoms with van der Waals surface area (Å²) < 4.78 is 5.07. The van der Waals surface area contributed by atoms with E-state index < -0.39 is 0 Å². The molecule has 0 aliphatic heterocycles. The molecular weight excluding hydrogens is 248 g/mol. The van der Waals surface area contributed by atoms with Crippen molar-refractivity contribution in [3.05, 3.63) is 71.3 Å². The highest BCUT2D eigenvalue weighted by molar-refractivity contribution is 5.89. The smallest absolute Gasteiger partial charge is 0.338 e. The van der Waals surface area contributed by atoms with Gasteiger partial charge in [-0.25, -0.2) is 4.79 Å². The molecule has 2 heteroatoms. The van der Waals surface area contributed by atoms with E-state index in [4.69, 9.17) is 4.74 Å². The number of ether oxygens (including phenoxy) is 1. The molecule has 2 rings (SSSR count). The average molecular weight is 264 g/mol. The standard InChI is InChI=1S/C18H16O2/c1-2-14-20-18(19)17-12-10-16(11-13-17)9-8-15-6-4-3-5-7-15/h3-7,10-13H,2,14H2,1H3. The van der Waals surface area contributed by atoms with Crippen LogP contribution in [0.3, 0.4) is 0 Å². The van der Waals surface area contributed by atoms with E-state index in [1.54, 1.807) is 12.1 Å². The molecule has 0 saturated carbocycles. The molecule has 0 bridgehead atoms. The van der Waals surface area contributed by atoms with Crippen LogP contribution in [0.25, 0.3) is 0 Å². The van der Waals surface area contributed by atoms with Crippen molar-refractivity contribution in [3.8, 4) is 11.8 Å². The molecule has 0 radical (unpaired) electrons. The normalized spacial score (nSPS) is 9.45. The number of rotatable bonds is 3. The van der Waals surface area contributed by atoms with Crippen LogP contribution in [0.2, 0.25) is 0 Å². The van der Waals surface area contributed by atoms with Crippen LogP contribution in [0.4, 0.5) is 0 Å². The van der Waals surface area contributed by atoms with Gasteiger partial charge in [-0.15, -0.1) is 0 Å². The Kier molecular flexibility index (Phi) is 4.97. The van der Waals surface area contributed by atoms with Crippen molar-refractivity contribution >= 4 is 5.97 Å². The zero-order chi connectivity index (χ0) is 14.2. The second-order valence-electron chi connectivity index (χ2n) is 4.33. The SMILES string of the molecule is CCCOC(=O)c1ccc(C#Cc2ccccc2)cc1. The quantitative estimate of drug-likeness (QED) is 0.624. The zero-order valence-electron chi connectivity index (χ0n) is 11.4. The second-order valence-corrected chi connectivity index (χ2v) is 4.33. The predicted octanol–water partition coefficient (Wildman–Crippen LogP) is 3.65. The minimum Gasteiger partial charge on any atom is -0.462 e. The van der Waals surface area contributed by atoms with E-state index in [0.717, 1.165) is 17.5 Å². The molecule has 0 fully saturated rings. The van der Waals surface area contributed by atoms with Crippen LogP contribution in [0.15, 0.2) is 54.6 Å². The van der Waals surface area contributed by atoms with E-state index in [9.17, 15) is 4.79 Å². The van der Waals surface area contributed by atoms with Crippen LogP contribution in [0.5, 0.6) is 0 Å². The zero-order valence-corrected chi connectivity index (χ0v) is 11.4. The van der Waals surface area contributed by atoms with Crippen LogP contribution < -0.4 is 0 Å². The molecule has 0 atom stereocenters. The Hall–Kier alpha value is -2.53. The molecule has 0 aliphatic carbocycles. The van der Waals surface area contributed by atoms with Crippen LogP contribution in [0, 0.1) is 11.8 Å². The summed E-state index contributed by atoms with van der Waals surface area (Å²) in [6, 6.07) is 16.9. The molecule has 2 aromatic carbocycles. The first kappa shape index (κ1) is 13.9. The third-order valence-corrected chi connectivity index (χ3v) is 2.68. The molecule has 0 unspecified atom stereocenters. The molecule has 0 aliphatic rings. The first-order valence-electron chi connectivity index (χ1n) is 6.64. The van der Waals surface area contributed by atoms with Gasteiger partial charge in [0.2, 0.25) is 0 Å². The third-order valence-electron chi connectivity index (χ3n) is 2.68. The largest absolute Gasteiger partial charge is 0.462 e. The molecule has 100 valence electrons. The topological polar surface area (TPSA) is 26.3 Å². The molecule has 0 saturated heterocycles. The second kappa shape index (κ2) is 7.16. The summed E-state index contributed by atoms with van der Waals surface area (Å²) in [6.45, 7) is 2.42. The van der Waals surface area contributed by atoms with Gasteiger partial charge < -0.3 is 4.74 Å². The monoisotopic (exact) mass is 264 g/mol. The van der Waals surface area contributed by atoms with Gasteiger partial charge in [-0.3, -0.25) is 0 Å². The maximum Gasteiger partial charge on any atom is 0.338 e. The summed E-state index contributed by atoms with van der Waals surface area (Å²) in [7, 11) is 0. The van der Waals surface area contributed by atoms with Crippen molar-refractivity contribution in [2.45, 2.75) is 13.3 Å². The van der Waals surface area contributed by atoms with Crippen molar-refractivity contribution in [1.82, 2.24) is 0 Å². The molecule has 2 aromatic rings. The number of carbonyl (C=O) groups excluding carboxylic acids is 1. The number of benzene rings is 2. The Balaban J connectivity index is 2.06.